The topological polar surface area (TPSA) is 185 Å². The second-order valence-electron chi connectivity index (χ2n) is 9.84. The molecule has 3 heterocycles. The number of piperazine rings is 1. The van der Waals surface area contributed by atoms with Crippen molar-refractivity contribution in [1.29, 1.82) is 0 Å². The summed E-state index contributed by atoms with van der Waals surface area (Å²) in [7, 11) is 0. The van der Waals surface area contributed by atoms with Crippen molar-refractivity contribution in [3.8, 4) is 5.75 Å². The van der Waals surface area contributed by atoms with Crippen molar-refractivity contribution in [2.75, 3.05) is 52.5 Å². The lowest BCUT2D eigenvalue weighted by molar-refractivity contribution is -0.139. The summed E-state index contributed by atoms with van der Waals surface area (Å²) >= 11 is 0. The number of carbonyl (C=O) groups is 5. The van der Waals surface area contributed by atoms with E-state index in [0.29, 0.717) is 24.0 Å². The highest BCUT2D eigenvalue weighted by atomic mass is 16.6. The van der Waals surface area contributed by atoms with Crippen LogP contribution in [0.2, 0.25) is 0 Å². The molecule has 2 aromatic rings. The molecule has 4 rings (SSSR count). The molecular formula is C27H34N6O8. The smallest absolute Gasteiger partial charge is 0.409 e. The van der Waals surface area contributed by atoms with E-state index in [-0.39, 0.29) is 75.6 Å². The number of para-hydroxylation sites is 1. The Hall–Kier alpha value is -4.46. The maximum Gasteiger partial charge on any atom is 0.409 e. The van der Waals surface area contributed by atoms with E-state index in [1.165, 1.54) is 15.9 Å². The zero-order valence-electron chi connectivity index (χ0n) is 22.8. The predicted octanol–water partition coefficient (Wildman–Crippen LogP) is 0.0470. The second-order valence-corrected chi connectivity index (χ2v) is 9.84. The molecule has 0 spiro atoms. The van der Waals surface area contributed by atoms with Gasteiger partial charge in [-0.1, -0.05) is 12.1 Å². The van der Waals surface area contributed by atoms with Crippen LogP contribution in [0.5, 0.6) is 5.75 Å². The first-order chi connectivity index (χ1) is 19.7. The molecule has 2 aliphatic rings. The van der Waals surface area contributed by atoms with Gasteiger partial charge < -0.3 is 40.3 Å². The van der Waals surface area contributed by atoms with Crippen LogP contribution in [0.25, 0.3) is 10.9 Å². The van der Waals surface area contributed by atoms with Gasteiger partial charge in [0.15, 0.2) is 6.61 Å². The van der Waals surface area contributed by atoms with E-state index < -0.39 is 29.9 Å². The van der Waals surface area contributed by atoms with Gasteiger partial charge in [0.1, 0.15) is 17.5 Å². The maximum absolute atomic E-state index is 13.3. The molecular weight excluding hydrogens is 536 g/mol. The molecule has 2 fully saturated rings. The number of nitrogens with one attached hydrogen (secondary N) is 1. The number of likely N-dealkylation sites (tertiary alicyclic amines) is 1. The van der Waals surface area contributed by atoms with E-state index in [2.05, 4.69) is 10.3 Å². The molecule has 1 aromatic heterocycles. The average Bonchev–Trinajstić information content (AvgIpc) is 2.95. The highest BCUT2D eigenvalue weighted by Crippen LogP contribution is 2.26. The number of carboxylic acid groups (broad SMARTS) is 1. The fraction of sp³-hybridized carbons (Fsp3) is 0.481. The Morgan fingerprint density at radius 2 is 1.76 bits per heavy atom. The van der Waals surface area contributed by atoms with Gasteiger partial charge in [-0.25, -0.2) is 9.78 Å². The van der Waals surface area contributed by atoms with Crippen molar-refractivity contribution in [3.63, 3.8) is 0 Å². The first-order valence-corrected chi connectivity index (χ1v) is 13.4. The van der Waals surface area contributed by atoms with Crippen molar-refractivity contribution in [3.05, 3.63) is 36.0 Å². The summed E-state index contributed by atoms with van der Waals surface area (Å²) in [6.45, 7) is 3.51. The lowest BCUT2D eigenvalue weighted by Crippen LogP contribution is -2.58. The first kappa shape index (κ1) is 29.5. The standard InChI is InChI=1S/C27H34N6O8/c1-2-40-27(39)32-11-9-31(10-12-32)26(38)20(7-8-24(35)36)30-25(37)21-13-22(18-5-3-4-6-19(18)29-21)41-16-23(34)33-14-17(28)15-33/h3-6,13,17,20H,2,7-12,14-16,28H2,1H3,(H,30,37)(H,35,36)/t20-/m0/s1. The third kappa shape index (κ3) is 7.39. The second kappa shape index (κ2) is 13.3. The number of pyridine rings is 1. The Balaban J connectivity index is 1.48. The quantitative estimate of drug-likeness (QED) is 0.352. The largest absolute Gasteiger partial charge is 0.483 e. The van der Waals surface area contributed by atoms with Crippen LogP contribution < -0.4 is 15.8 Å². The van der Waals surface area contributed by atoms with Crippen LogP contribution in [0.4, 0.5) is 4.79 Å². The van der Waals surface area contributed by atoms with Gasteiger partial charge in [-0.15, -0.1) is 0 Å². The molecule has 4 N–H and O–H groups in total. The Bertz CT molecular complexity index is 1310. The molecule has 41 heavy (non-hydrogen) atoms. The van der Waals surface area contributed by atoms with E-state index in [0.717, 1.165) is 0 Å². The Labute approximate surface area is 236 Å². The molecule has 0 radical (unpaired) electrons. The zero-order chi connectivity index (χ0) is 29.5. The van der Waals surface area contributed by atoms with Crippen molar-refractivity contribution in [2.45, 2.75) is 31.8 Å². The number of ether oxygens (including phenoxy) is 2. The van der Waals surface area contributed by atoms with E-state index in [4.69, 9.17) is 15.2 Å². The summed E-state index contributed by atoms with van der Waals surface area (Å²) in [5, 5.41) is 12.4. The van der Waals surface area contributed by atoms with Gasteiger partial charge in [-0.05, 0) is 25.5 Å². The molecule has 4 amide bonds. The van der Waals surface area contributed by atoms with Crippen molar-refractivity contribution < 1.29 is 38.6 Å². The number of hydrogen-bond acceptors (Lipinski definition) is 9. The summed E-state index contributed by atoms with van der Waals surface area (Å²) < 4.78 is 10.8. The Morgan fingerprint density at radius 1 is 1.07 bits per heavy atom. The fourth-order valence-corrected chi connectivity index (χ4v) is 4.63. The molecule has 0 aliphatic carbocycles. The van der Waals surface area contributed by atoms with Crippen LogP contribution in [0.3, 0.4) is 0 Å². The number of nitrogens with zero attached hydrogens (tertiary/aromatic N) is 4. The molecule has 2 saturated heterocycles. The summed E-state index contributed by atoms with van der Waals surface area (Å²) in [5.41, 5.74) is 6.13. The molecule has 220 valence electrons. The molecule has 14 heteroatoms. The number of carbonyl (C=O) groups excluding carboxylic acids is 4. The minimum Gasteiger partial charge on any atom is -0.483 e. The van der Waals surface area contributed by atoms with Crippen LogP contribution in [-0.4, -0.2) is 119 Å². The van der Waals surface area contributed by atoms with Gasteiger partial charge in [-0.3, -0.25) is 19.2 Å². The lowest BCUT2D eigenvalue weighted by Gasteiger charge is -2.36. The van der Waals surface area contributed by atoms with Crippen LogP contribution in [0, 0.1) is 0 Å². The lowest BCUT2D eigenvalue weighted by atomic mass is 10.1. The minimum absolute atomic E-state index is 0.0470. The Morgan fingerprint density at radius 3 is 2.41 bits per heavy atom. The van der Waals surface area contributed by atoms with Gasteiger partial charge in [0, 0.05) is 63.2 Å². The van der Waals surface area contributed by atoms with Crippen molar-refractivity contribution in [2.24, 2.45) is 5.73 Å². The van der Waals surface area contributed by atoms with Crippen LogP contribution in [-0.2, 0) is 19.1 Å². The first-order valence-electron chi connectivity index (χ1n) is 13.4. The SMILES string of the molecule is CCOC(=O)N1CCN(C(=O)[C@H](CCC(=O)O)NC(=O)c2cc(OCC(=O)N3CC(N)C3)c3ccccc3n2)CC1. The highest BCUT2D eigenvalue weighted by molar-refractivity contribution is 5.99. The molecule has 1 atom stereocenters. The molecule has 14 nitrogen and oxygen atoms in total. The number of nitrogens with two attached hydrogens (primary N) is 1. The van der Waals surface area contributed by atoms with E-state index in [1.54, 1.807) is 36.1 Å². The minimum atomic E-state index is -1.14. The summed E-state index contributed by atoms with van der Waals surface area (Å²) in [5.74, 6) is -2.24. The van der Waals surface area contributed by atoms with Gasteiger partial charge in [-0.2, -0.15) is 0 Å². The van der Waals surface area contributed by atoms with Crippen LogP contribution in [0.15, 0.2) is 30.3 Å². The molecule has 2 aliphatic heterocycles. The van der Waals surface area contributed by atoms with Gasteiger partial charge in [0.05, 0.1) is 12.1 Å². The number of hydrogen-bond donors (Lipinski definition) is 3. The fourth-order valence-electron chi connectivity index (χ4n) is 4.63. The number of carboxylic acids is 1. The van der Waals surface area contributed by atoms with Crippen LogP contribution in [0.1, 0.15) is 30.3 Å². The number of benzene rings is 1. The maximum atomic E-state index is 13.3. The number of rotatable bonds is 10. The summed E-state index contributed by atoms with van der Waals surface area (Å²) in [4.78, 5) is 71.3. The summed E-state index contributed by atoms with van der Waals surface area (Å²) in [6, 6.07) is 7.15. The van der Waals surface area contributed by atoms with E-state index in [1.807, 2.05) is 0 Å². The normalized spacial score (nSPS) is 16.1. The third-order valence-corrected chi connectivity index (χ3v) is 6.89. The monoisotopic (exact) mass is 570 g/mol. The molecule has 0 saturated carbocycles. The van der Waals surface area contributed by atoms with Gasteiger partial charge in [0.25, 0.3) is 11.8 Å². The number of fused-ring (bicyclic) bond motifs is 1. The van der Waals surface area contributed by atoms with Gasteiger partial charge >= 0.3 is 12.1 Å². The van der Waals surface area contributed by atoms with E-state index in [9.17, 15) is 29.1 Å². The van der Waals surface area contributed by atoms with Crippen molar-refractivity contribution >= 4 is 40.7 Å². The van der Waals surface area contributed by atoms with Crippen LogP contribution >= 0.6 is 0 Å². The highest BCUT2D eigenvalue weighted by Gasteiger charge is 2.32. The Kier molecular flexibility index (Phi) is 9.55. The summed E-state index contributed by atoms with van der Waals surface area (Å²) in [6.07, 6.45) is -0.950. The molecule has 1 aromatic carbocycles. The van der Waals surface area contributed by atoms with E-state index >= 15 is 0 Å². The molecule has 0 bridgehead atoms. The number of amides is 4. The number of aromatic nitrogens is 1. The molecule has 0 unspecified atom stereocenters. The van der Waals surface area contributed by atoms with Crippen molar-refractivity contribution in [1.82, 2.24) is 25.0 Å². The predicted molar refractivity (Wildman–Crippen MR) is 145 cm³/mol. The van der Waals surface area contributed by atoms with Gasteiger partial charge in [0.2, 0.25) is 5.91 Å². The average molecular weight is 571 g/mol. The third-order valence-electron chi connectivity index (χ3n) is 6.89. The zero-order valence-corrected chi connectivity index (χ0v) is 22.8. The number of aliphatic carboxylic acids is 1.